The number of hydrogen-bond donors (Lipinski definition) is 3. The average Bonchev–Trinajstić information content (AvgIpc) is 2.90. The summed E-state index contributed by atoms with van der Waals surface area (Å²) in [7, 11) is 0. The highest BCUT2D eigenvalue weighted by Gasteiger charge is 2.14. The van der Waals surface area contributed by atoms with Gasteiger partial charge in [0.1, 0.15) is 11.5 Å². The fourth-order valence-electron chi connectivity index (χ4n) is 1.18. The minimum atomic E-state index is 0.418. The number of hydrogen-bond acceptors (Lipinski definition) is 5. The molecule has 1 aliphatic rings. The van der Waals surface area contributed by atoms with Crippen LogP contribution in [0.5, 0.6) is 0 Å². The predicted octanol–water partition coefficient (Wildman–Crippen LogP) is 1.29. The number of nitrogens with two attached hydrogens (primary N) is 1. The van der Waals surface area contributed by atoms with Crippen molar-refractivity contribution in [3.8, 4) is 0 Å². The van der Waals surface area contributed by atoms with E-state index in [1.54, 1.807) is 18.9 Å². The maximum absolute atomic E-state index is 5.56. The molecule has 2 aromatic rings. The van der Waals surface area contributed by atoms with E-state index in [1.807, 2.05) is 12.1 Å². The lowest BCUT2D eigenvalue weighted by Gasteiger charge is -2.10. The second-order valence-corrected chi connectivity index (χ2v) is 2.99. The van der Waals surface area contributed by atoms with E-state index in [0.29, 0.717) is 17.5 Å². The molecule has 4 N–H and O–H groups in total. The van der Waals surface area contributed by atoms with Crippen LogP contribution in [0.15, 0.2) is 52.8 Å². The number of amidine groups is 1. The van der Waals surface area contributed by atoms with Crippen LogP contribution in [0.2, 0.25) is 0 Å². The van der Waals surface area contributed by atoms with E-state index < -0.39 is 0 Å². The first kappa shape index (κ1) is 10.0. The summed E-state index contributed by atoms with van der Waals surface area (Å²) in [6, 6.07) is 3.67. The molecule has 0 saturated carbocycles. The monoisotopic (exact) mass is 217 g/mol. The van der Waals surface area contributed by atoms with Crippen LogP contribution in [-0.4, -0.2) is 15.8 Å². The number of fused-ring (bicyclic) bond motifs is 1. The lowest BCUT2D eigenvalue weighted by atomic mass is 10.3. The van der Waals surface area contributed by atoms with Crippen LogP contribution in [0.3, 0.4) is 0 Å². The maximum atomic E-state index is 5.56. The molecule has 1 aliphatic heterocycles. The zero-order valence-electron chi connectivity index (χ0n) is 8.47. The van der Waals surface area contributed by atoms with Gasteiger partial charge in [-0.2, -0.15) is 0 Å². The zero-order valence-corrected chi connectivity index (χ0v) is 8.47. The highest BCUT2D eigenvalue weighted by Crippen LogP contribution is 2.16. The van der Waals surface area contributed by atoms with Crippen molar-refractivity contribution in [3.63, 3.8) is 0 Å². The Morgan fingerprint density at radius 2 is 2.06 bits per heavy atom. The van der Waals surface area contributed by atoms with Crippen molar-refractivity contribution in [3.05, 3.63) is 49.1 Å². The van der Waals surface area contributed by atoms with Gasteiger partial charge in [-0.05, 0) is 12.1 Å². The average molecular weight is 217 g/mol. The Labute approximate surface area is 91.9 Å². The Kier molecular flexibility index (Phi) is 2.73. The van der Waals surface area contributed by atoms with Crippen molar-refractivity contribution >= 4 is 11.7 Å². The third kappa shape index (κ3) is 2.11. The van der Waals surface area contributed by atoms with Crippen molar-refractivity contribution < 1.29 is 4.42 Å². The quantitative estimate of drug-likeness (QED) is 0.620. The van der Waals surface area contributed by atoms with Gasteiger partial charge in [0.25, 0.3) is 0 Å². The van der Waals surface area contributed by atoms with Crippen molar-refractivity contribution in [2.75, 3.05) is 5.32 Å². The molecule has 82 valence electrons. The van der Waals surface area contributed by atoms with E-state index in [2.05, 4.69) is 31.3 Å². The number of H-pyrrole nitrogens is 1. The standard InChI is InChI=1S/C6H7N5.C4H4O/c1-3-10-5(7)4-6(11-3)9-2-8-4;1-2-4-5-3-1/h2,11H,1H2,(H2,7,10)(H,8,9);1-4H. The summed E-state index contributed by atoms with van der Waals surface area (Å²) >= 11 is 0. The summed E-state index contributed by atoms with van der Waals surface area (Å²) in [5, 5.41) is 2.87. The first-order chi connectivity index (χ1) is 7.77. The molecule has 0 aliphatic carbocycles. The van der Waals surface area contributed by atoms with E-state index in [-0.39, 0.29) is 0 Å². The molecule has 0 amide bonds. The van der Waals surface area contributed by atoms with Gasteiger partial charge in [-0.25, -0.2) is 9.98 Å². The van der Waals surface area contributed by atoms with Crippen LogP contribution in [-0.2, 0) is 0 Å². The third-order valence-electron chi connectivity index (χ3n) is 1.84. The topological polar surface area (TPSA) is 92.2 Å². The second kappa shape index (κ2) is 4.35. The number of imidazole rings is 1. The Balaban J connectivity index is 0.000000162. The van der Waals surface area contributed by atoms with Crippen LogP contribution in [0.4, 0.5) is 5.82 Å². The van der Waals surface area contributed by atoms with E-state index >= 15 is 0 Å². The van der Waals surface area contributed by atoms with E-state index in [0.717, 1.165) is 5.69 Å². The lowest BCUT2D eigenvalue weighted by molar-refractivity contribution is 0.567. The predicted molar refractivity (Wildman–Crippen MR) is 60.8 cm³/mol. The molecule has 6 nitrogen and oxygen atoms in total. The molecule has 0 bridgehead atoms. The van der Waals surface area contributed by atoms with Crippen LogP contribution in [0, 0.1) is 0 Å². The fourth-order valence-corrected chi connectivity index (χ4v) is 1.18. The van der Waals surface area contributed by atoms with Crippen molar-refractivity contribution in [2.45, 2.75) is 0 Å². The Bertz CT molecular complexity index is 480. The van der Waals surface area contributed by atoms with Crippen molar-refractivity contribution in [2.24, 2.45) is 10.7 Å². The minimum Gasteiger partial charge on any atom is -0.473 e. The van der Waals surface area contributed by atoms with Crippen LogP contribution in [0.1, 0.15) is 5.69 Å². The van der Waals surface area contributed by atoms with Gasteiger partial charge in [0, 0.05) is 0 Å². The van der Waals surface area contributed by atoms with Crippen molar-refractivity contribution in [1.29, 1.82) is 0 Å². The summed E-state index contributed by atoms with van der Waals surface area (Å²) in [5.41, 5.74) is 6.28. The van der Waals surface area contributed by atoms with E-state index in [4.69, 9.17) is 5.73 Å². The van der Waals surface area contributed by atoms with Crippen LogP contribution in [0.25, 0.3) is 0 Å². The molecule has 0 radical (unpaired) electrons. The number of furan rings is 1. The van der Waals surface area contributed by atoms with Gasteiger partial charge >= 0.3 is 0 Å². The Morgan fingerprint density at radius 3 is 2.69 bits per heavy atom. The number of anilines is 1. The summed E-state index contributed by atoms with van der Waals surface area (Å²) in [5.74, 6) is 1.62. The zero-order chi connectivity index (χ0) is 11.4. The maximum Gasteiger partial charge on any atom is 0.160 e. The number of aromatic nitrogens is 2. The van der Waals surface area contributed by atoms with Gasteiger partial charge in [-0.1, -0.05) is 6.58 Å². The number of nitrogens with zero attached hydrogens (tertiary/aromatic N) is 2. The number of aliphatic imine (C=N–C) groups is 1. The summed E-state index contributed by atoms with van der Waals surface area (Å²) < 4.78 is 4.58. The minimum absolute atomic E-state index is 0.418. The van der Waals surface area contributed by atoms with Crippen LogP contribution >= 0.6 is 0 Å². The molecule has 3 rings (SSSR count). The normalized spacial score (nSPS) is 13.0. The van der Waals surface area contributed by atoms with Gasteiger partial charge in [0.15, 0.2) is 11.7 Å². The molecular weight excluding hydrogens is 206 g/mol. The Morgan fingerprint density at radius 1 is 1.31 bits per heavy atom. The molecule has 0 unspecified atom stereocenters. The van der Waals surface area contributed by atoms with E-state index in [1.165, 1.54) is 0 Å². The van der Waals surface area contributed by atoms with Gasteiger partial charge in [-0.3, -0.25) is 0 Å². The first-order valence-electron chi connectivity index (χ1n) is 4.58. The molecule has 6 heteroatoms. The largest absolute Gasteiger partial charge is 0.473 e. The SMILES string of the molecule is C=C1N=C(N)c2[nH]cnc2N1.c1ccoc1. The van der Waals surface area contributed by atoms with Gasteiger partial charge in [0.2, 0.25) is 0 Å². The first-order valence-corrected chi connectivity index (χ1v) is 4.58. The summed E-state index contributed by atoms with van der Waals surface area (Å²) in [6.07, 6.45) is 4.80. The van der Waals surface area contributed by atoms with Crippen molar-refractivity contribution in [1.82, 2.24) is 9.97 Å². The lowest BCUT2D eigenvalue weighted by Crippen LogP contribution is -2.21. The number of rotatable bonds is 0. The second-order valence-electron chi connectivity index (χ2n) is 2.99. The van der Waals surface area contributed by atoms with Gasteiger partial charge < -0.3 is 20.5 Å². The number of aromatic amines is 1. The summed E-state index contributed by atoms with van der Waals surface area (Å²) in [4.78, 5) is 10.7. The Hall–Kier alpha value is -2.50. The molecule has 3 heterocycles. The smallest absolute Gasteiger partial charge is 0.160 e. The van der Waals surface area contributed by atoms with Gasteiger partial charge in [-0.15, -0.1) is 0 Å². The third-order valence-corrected chi connectivity index (χ3v) is 1.84. The fraction of sp³-hybridized carbons (Fsp3) is 0. The molecular formula is C10H11N5O. The molecule has 0 aromatic carbocycles. The molecule has 16 heavy (non-hydrogen) atoms. The molecule has 0 atom stereocenters. The highest BCUT2D eigenvalue weighted by atomic mass is 16.3. The summed E-state index contributed by atoms with van der Waals surface area (Å²) in [6.45, 7) is 3.61. The van der Waals surface area contributed by atoms with E-state index in [9.17, 15) is 0 Å². The molecule has 0 spiro atoms. The molecule has 2 aromatic heterocycles. The highest BCUT2D eigenvalue weighted by molar-refractivity contribution is 6.02. The number of nitrogens with one attached hydrogen (secondary N) is 2. The van der Waals surface area contributed by atoms with Gasteiger partial charge in [0.05, 0.1) is 18.9 Å². The van der Waals surface area contributed by atoms with Crippen LogP contribution < -0.4 is 11.1 Å². The molecule has 0 saturated heterocycles. The molecule has 0 fully saturated rings.